The van der Waals surface area contributed by atoms with Crippen LogP contribution >= 0.6 is 0 Å². The van der Waals surface area contributed by atoms with Crippen LogP contribution in [0.25, 0.3) is 5.69 Å². The fourth-order valence-corrected chi connectivity index (χ4v) is 4.76. The zero-order valence-electron chi connectivity index (χ0n) is 19.7. The number of para-hydroxylation sites is 2. The van der Waals surface area contributed by atoms with Crippen molar-refractivity contribution >= 4 is 27.8 Å². The van der Waals surface area contributed by atoms with Crippen LogP contribution in [0.5, 0.6) is 0 Å². The fraction of sp³-hybridized carbons (Fsp3) is 0.280. The van der Waals surface area contributed by atoms with E-state index in [1.165, 1.54) is 0 Å². The minimum atomic E-state index is -3.65. The minimum Gasteiger partial charge on any atom is -0.318 e. The van der Waals surface area contributed by atoms with Crippen molar-refractivity contribution in [3.63, 3.8) is 0 Å². The first kappa shape index (κ1) is 24.3. The second-order valence-corrected chi connectivity index (χ2v) is 9.90. The number of carbonyl (C=O) groups excluding carboxylic acids is 1. The van der Waals surface area contributed by atoms with Crippen LogP contribution in [0, 0.1) is 20.8 Å². The Morgan fingerprint density at radius 2 is 1.76 bits per heavy atom. The number of sulfonamides is 1. The van der Waals surface area contributed by atoms with Gasteiger partial charge in [-0.1, -0.05) is 43.3 Å². The van der Waals surface area contributed by atoms with E-state index in [0.29, 0.717) is 12.1 Å². The van der Waals surface area contributed by atoms with Gasteiger partial charge < -0.3 is 4.57 Å². The van der Waals surface area contributed by atoms with E-state index in [2.05, 4.69) is 34.2 Å². The van der Waals surface area contributed by atoms with E-state index in [0.717, 1.165) is 44.3 Å². The smallest absolute Gasteiger partial charge is 0.260 e. The normalized spacial score (nSPS) is 11.7. The van der Waals surface area contributed by atoms with Crippen LogP contribution in [0.4, 0.5) is 5.69 Å². The Morgan fingerprint density at radius 3 is 2.42 bits per heavy atom. The van der Waals surface area contributed by atoms with Gasteiger partial charge in [-0.25, -0.2) is 13.8 Å². The number of aromatic nitrogens is 1. The highest BCUT2D eigenvalue weighted by atomic mass is 32.2. The molecular formula is C25H30N4O3S. The van der Waals surface area contributed by atoms with Crippen LogP contribution in [0.2, 0.25) is 0 Å². The predicted octanol–water partition coefficient (Wildman–Crippen LogP) is 3.88. The molecule has 0 aliphatic heterocycles. The van der Waals surface area contributed by atoms with Crippen molar-refractivity contribution in [2.45, 2.75) is 34.1 Å². The highest BCUT2D eigenvalue weighted by Gasteiger charge is 2.22. The van der Waals surface area contributed by atoms with Gasteiger partial charge in [-0.05, 0) is 56.5 Å². The van der Waals surface area contributed by atoms with E-state index in [1.807, 2.05) is 51.1 Å². The minimum absolute atomic E-state index is 0.352. The summed E-state index contributed by atoms with van der Waals surface area (Å²) < 4.78 is 28.0. The van der Waals surface area contributed by atoms with E-state index in [-0.39, 0.29) is 6.54 Å². The number of rotatable bonds is 8. The molecule has 0 spiro atoms. The lowest BCUT2D eigenvalue weighted by molar-refractivity contribution is -0.119. The topological polar surface area (TPSA) is 83.8 Å². The van der Waals surface area contributed by atoms with Crippen LogP contribution < -0.4 is 9.73 Å². The zero-order valence-corrected chi connectivity index (χ0v) is 20.5. The third kappa shape index (κ3) is 5.51. The van der Waals surface area contributed by atoms with Gasteiger partial charge in [0, 0.05) is 22.6 Å². The average Bonchev–Trinajstić information content (AvgIpc) is 3.04. The molecule has 0 saturated carbocycles. The summed E-state index contributed by atoms with van der Waals surface area (Å²) in [7, 11) is -3.65. The lowest BCUT2D eigenvalue weighted by atomic mass is 10.1. The molecule has 0 atom stereocenters. The predicted molar refractivity (Wildman–Crippen MR) is 134 cm³/mol. The van der Waals surface area contributed by atoms with Crippen molar-refractivity contribution in [1.82, 2.24) is 9.99 Å². The third-order valence-corrected chi connectivity index (χ3v) is 6.67. The molecule has 0 aliphatic rings. The molecule has 0 unspecified atom stereocenters. The molecule has 0 saturated heterocycles. The molecule has 2 aromatic carbocycles. The molecule has 174 valence electrons. The Labute approximate surface area is 195 Å². The lowest BCUT2D eigenvalue weighted by Crippen LogP contribution is -2.39. The number of hydrogen-bond acceptors (Lipinski definition) is 4. The summed E-state index contributed by atoms with van der Waals surface area (Å²) in [5, 5.41) is 4.08. The van der Waals surface area contributed by atoms with Gasteiger partial charge in [0.2, 0.25) is 10.0 Å². The van der Waals surface area contributed by atoms with Gasteiger partial charge in [-0.3, -0.25) is 9.10 Å². The molecule has 8 heteroatoms. The van der Waals surface area contributed by atoms with Gasteiger partial charge in [0.05, 0.1) is 18.2 Å². The summed E-state index contributed by atoms with van der Waals surface area (Å²) in [6, 6.07) is 17.3. The molecule has 0 aliphatic carbocycles. The van der Waals surface area contributed by atoms with Crippen molar-refractivity contribution in [2.24, 2.45) is 5.10 Å². The number of benzene rings is 2. The Hall–Kier alpha value is -3.39. The van der Waals surface area contributed by atoms with Gasteiger partial charge in [0.25, 0.3) is 5.91 Å². The maximum absolute atomic E-state index is 12.6. The van der Waals surface area contributed by atoms with Crippen molar-refractivity contribution in [2.75, 3.05) is 17.1 Å². The van der Waals surface area contributed by atoms with Gasteiger partial charge in [-0.15, -0.1) is 0 Å². The van der Waals surface area contributed by atoms with Crippen molar-refractivity contribution in [1.29, 1.82) is 0 Å². The van der Waals surface area contributed by atoms with Crippen molar-refractivity contribution in [3.8, 4) is 5.69 Å². The quantitative estimate of drug-likeness (QED) is 0.404. The summed E-state index contributed by atoms with van der Waals surface area (Å²) >= 11 is 0. The van der Waals surface area contributed by atoms with E-state index in [9.17, 15) is 13.2 Å². The molecule has 1 N–H and O–H groups in total. The molecule has 33 heavy (non-hydrogen) atoms. The summed E-state index contributed by atoms with van der Waals surface area (Å²) in [5.74, 6) is -0.518. The maximum Gasteiger partial charge on any atom is 0.260 e. The molecule has 7 nitrogen and oxygen atoms in total. The number of amides is 1. The Bertz CT molecular complexity index is 1290. The third-order valence-electron chi connectivity index (χ3n) is 5.55. The van der Waals surface area contributed by atoms with Crippen LogP contribution in [0.1, 0.15) is 35.0 Å². The van der Waals surface area contributed by atoms with Crippen LogP contribution in [-0.4, -0.2) is 37.9 Å². The van der Waals surface area contributed by atoms with E-state index < -0.39 is 15.9 Å². The fourth-order valence-electron chi connectivity index (χ4n) is 3.88. The molecular weight excluding hydrogens is 436 g/mol. The van der Waals surface area contributed by atoms with E-state index in [4.69, 9.17) is 0 Å². The van der Waals surface area contributed by atoms with E-state index >= 15 is 0 Å². The second-order valence-electron chi connectivity index (χ2n) is 7.99. The standard InChI is InChI=1S/C25H30N4O3S/c1-6-21-12-8-10-14-24(21)28(33(5,31)32)17-25(30)27-26-16-22-15-19(3)29(20(22)4)23-13-9-7-11-18(23)2/h7-16H,6,17H2,1-5H3,(H,27,30)/b26-16-. The Kier molecular flexibility index (Phi) is 7.38. The molecule has 0 radical (unpaired) electrons. The largest absolute Gasteiger partial charge is 0.318 e. The van der Waals surface area contributed by atoms with Gasteiger partial charge in [0.15, 0.2) is 0 Å². The second kappa shape index (κ2) is 10.0. The molecule has 3 rings (SSSR count). The first-order valence-electron chi connectivity index (χ1n) is 10.8. The van der Waals surface area contributed by atoms with Gasteiger partial charge in [-0.2, -0.15) is 5.10 Å². The van der Waals surface area contributed by atoms with Gasteiger partial charge in [0.1, 0.15) is 6.54 Å². The first-order chi connectivity index (χ1) is 15.6. The van der Waals surface area contributed by atoms with Crippen molar-refractivity contribution in [3.05, 3.63) is 82.7 Å². The Balaban J connectivity index is 1.77. The number of anilines is 1. The molecule has 1 aromatic heterocycles. The highest BCUT2D eigenvalue weighted by molar-refractivity contribution is 7.92. The van der Waals surface area contributed by atoms with Crippen molar-refractivity contribution < 1.29 is 13.2 Å². The highest BCUT2D eigenvalue weighted by Crippen LogP contribution is 2.24. The summed E-state index contributed by atoms with van der Waals surface area (Å²) in [4.78, 5) is 12.6. The monoisotopic (exact) mass is 466 g/mol. The summed E-state index contributed by atoms with van der Waals surface area (Å²) in [5.41, 5.74) is 8.98. The summed E-state index contributed by atoms with van der Waals surface area (Å²) in [6.07, 6.45) is 3.33. The number of hydrazone groups is 1. The van der Waals surface area contributed by atoms with Crippen LogP contribution in [0.15, 0.2) is 59.7 Å². The average molecular weight is 467 g/mol. The molecule has 3 aromatic rings. The zero-order chi connectivity index (χ0) is 24.2. The SMILES string of the molecule is CCc1ccccc1N(CC(=O)N/N=C\c1cc(C)n(-c2ccccc2C)c1C)S(C)(=O)=O. The number of nitrogens with zero attached hydrogens (tertiary/aromatic N) is 3. The van der Waals surface area contributed by atoms with Crippen LogP contribution in [0.3, 0.4) is 0 Å². The molecule has 0 fully saturated rings. The molecule has 1 heterocycles. The Morgan fingerprint density at radius 1 is 1.09 bits per heavy atom. The molecule has 0 bridgehead atoms. The van der Waals surface area contributed by atoms with Crippen LogP contribution in [-0.2, 0) is 21.2 Å². The van der Waals surface area contributed by atoms with Gasteiger partial charge >= 0.3 is 0 Å². The number of carbonyl (C=O) groups is 1. The summed E-state index contributed by atoms with van der Waals surface area (Å²) in [6.45, 7) is 7.67. The molecule has 1 amide bonds. The number of aryl methyl sites for hydroxylation is 3. The lowest BCUT2D eigenvalue weighted by Gasteiger charge is -2.23. The maximum atomic E-state index is 12.6. The van der Waals surface area contributed by atoms with E-state index in [1.54, 1.807) is 18.3 Å². The number of nitrogens with one attached hydrogen (secondary N) is 1. The first-order valence-corrected chi connectivity index (χ1v) is 12.6. The number of hydrogen-bond donors (Lipinski definition) is 1.